The third kappa shape index (κ3) is 5.46. The van der Waals surface area contributed by atoms with Gasteiger partial charge in [0.1, 0.15) is 0 Å². The predicted octanol–water partition coefficient (Wildman–Crippen LogP) is 1.39. The molecule has 1 rings (SSSR count). The fraction of sp³-hybridized carbons (Fsp3) is 0.500. The quantitative estimate of drug-likeness (QED) is 0.583. The number of carbonyl (C=O) groups excluding carboxylic acids is 1. The van der Waals surface area contributed by atoms with Gasteiger partial charge in [-0.15, -0.1) is 0 Å². The van der Waals surface area contributed by atoms with Gasteiger partial charge in [-0.25, -0.2) is 5.01 Å². The fourth-order valence-corrected chi connectivity index (χ4v) is 1.44. The van der Waals surface area contributed by atoms with E-state index in [1.165, 1.54) is 0 Å². The molecule has 1 aromatic heterocycles. The second-order valence-electron chi connectivity index (χ2n) is 3.96. The molecule has 0 radical (unpaired) electrons. The summed E-state index contributed by atoms with van der Waals surface area (Å²) in [4.78, 5) is 15.5. The van der Waals surface area contributed by atoms with Gasteiger partial charge in [0.15, 0.2) is 0 Å². The van der Waals surface area contributed by atoms with E-state index in [-0.39, 0.29) is 5.91 Å². The average Bonchev–Trinajstić information content (AvgIpc) is 2.25. The van der Waals surface area contributed by atoms with Crippen LogP contribution in [0.3, 0.4) is 0 Å². The van der Waals surface area contributed by atoms with Crippen LogP contribution in [0.5, 0.6) is 0 Å². The molecule has 0 aliphatic carbocycles. The van der Waals surface area contributed by atoms with E-state index in [4.69, 9.17) is 0 Å². The molecule has 1 heterocycles. The minimum absolute atomic E-state index is 0.0750. The van der Waals surface area contributed by atoms with Gasteiger partial charge in [-0.1, -0.05) is 6.07 Å². The summed E-state index contributed by atoms with van der Waals surface area (Å²) in [7, 11) is 3.62. The molecular formula is C12H19N3O. The highest BCUT2D eigenvalue weighted by molar-refractivity contribution is 5.75. The van der Waals surface area contributed by atoms with Crippen LogP contribution in [0.1, 0.15) is 25.0 Å². The molecule has 0 saturated carbocycles. The maximum Gasteiger partial charge on any atom is 0.234 e. The SMILES string of the molecule is CN(C)NC(=O)CCCCc1ccccn1. The summed E-state index contributed by atoms with van der Waals surface area (Å²) in [5.41, 5.74) is 3.81. The Kier molecular flexibility index (Phi) is 5.50. The van der Waals surface area contributed by atoms with Crippen LogP contribution < -0.4 is 5.43 Å². The third-order valence-corrected chi connectivity index (χ3v) is 2.16. The van der Waals surface area contributed by atoms with Crippen molar-refractivity contribution in [2.45, 2.75) is 25.7 Å². The molecule has 0 unspecified atom stereocenters. The van der Waals surface area contributed by atoms with Crippen LogP contribution in [0, 0.1) is 0 Å². The Labute approximate surface area is 96.6 Å². The van der Waals surface area contributed by atoms with E-state index >= 15 is 0 Å². The van der Waals surface area contributed by atoms with Crippen molar-refractivity contribution in [2.24, 2.45) is 0 Å². The van der Waals surface area contributed by atoms with E-state index in [0.717, 1.165) is 25.0 Å². The molecule has 1 aromatic rings. The Morgan fingerprint density at radius 3 is 2.81 bits per heavy atom. The molecule has 4 heteroatoms. The summed E-state index contributed by atoms with van der Waals surface area (Å²) in [6, 6.07) is 5.91. The maximum atomic E-state index is 11.3. The molecule has 0 aromatic carbocycles. The molecule has 16 heavy (non-hydrogen) atoms. The Morgan fingerprint density at radius 2 is 2.19 bits per heavy atom. The molecule has 0 aliphatic heterocycles. The van der Waals surface area contributed by atoms with Crippen molar-refractivity contribution < 1.29 is 4.79 Å². The van der Waals surface area contributed by atoms with Crippen LogP contribution in [0.2, 0.25) is 0 Å². The van der Waals surface area contributed by atoms with E-state index in [2.05, 4.69) is 10.4 Å². The van der Waals surface area contributed by atoms with Gasteiger partial charge >= 0.3 is 0 Å². The molecule has 0 saturated heterocycles. The van der Waals surface area contributed by atoms with Crippen LogP contribution in [-0.4, -0.2) is 30.0 Å². The second-order valence-corrected chi connectivity index (χ2v) is 3.96. The summed E-state index contributed by atoms with van der Waals surface area (Å²) in [6.07, 6.45) is 5.21. The van der Waals surface area contributed by atoms with Crippen LogP contribution in [0.15, 0.2) is 24.4 Å². The average molecular weight is 221 g/mol. The topological polar surface area (TPSA) is 45.2 Å². The molecule has 1 amide bonds. The number of aryl methyl sites for hydroxylation is 1. The third-order valence-electron chi connectivity index (χ3n) is 2.16. The number of nitrogens with one attached hydrogen (secondary N) is 1. The lowest BCUT2D eigenvalue weighted by Gasteiger charge is -2.11. The van der Waals surface area contributed by atoms with Crippen molar-refractivity contribution in [1.82, 2.24) is 15.4 Å². The Hall–Kier alpha value is -1.42. The van der Waals surface area contributed by atoms with Crippen LogP contribution >= 0.6 is 0 Å². The Morgan fingerprint density at radius 1 is 1.38 bits per heavy atom. The lowest BCUT2D eigenvalue weighted by Crippen LogP contribution is -2.35. The number of nitrogens with zero attached hydrogens (tertiary/aromatic N) is 2. The zero-order chi connectivity index (χ0) is 11.8. The molecule has 88 valence electrons. The van der Waals surface area contributed by atoms with Gasteiger partial charge in [-0.2, -0.15) is 0 Å². The highest BCUT2D eigenvalue weighted by Crippen LogP contribution is 2.03. The minimum atomic E-state index is 0.0750. The number of hydrogen-bond donors (Lipinski definition) is 1. The number of unbranched alkanes of at least 4 members (excludes halogenated alkanes) is 1. The first-order valence-corrected chi connectivity index (χ1v) is 5.55. The van der Waals surface area contributed by atoms with Crippen molar-refractivity contribution in [3.05, 3.63) is 30.1 Å². The fourth-order valence-electron chi connectivity index (χ4n) is 1.44. The normalized spacial score (nSPS) is 10.4. The van der Waals surface area contributed by atoms with Gasteiger partial charge in [0.25, 0.3) is 0 Å². The predicted molar refractivity (Wildman–Crippen MR) is 63.6 cm³/mol. The van der Waals surface area contributed by atoms with E-state index in [9.17, 15) is 4.79 Å². The first-order chi connectivity index (χ1) is 7.68. The summed E-state index contributed by atoms with van der Waals surface area (Å²) in [5, 5.41) is 1.67. The number of aromatic nitrogens is 1. The number of carbonyl (C=O) groups is 1. The van der Waals surface area contributed by atoms with Crippen molar-refractivity contribution in [3.63, 3.8) is 0 Å². The van der Waals surface area contributed by atoms with Crippen molar-refractivity contribution in [1.29, 1.82) is 0 Å². The first kappa shape index (κ1) is 12.6. The summed E-state index contributed by atoms with van der Waals surface area (Å²) < 4.78 is 0. The van der Waals surface area contributed by atoms with Crippen molar-refractivity contribution >= 4 is 5.91 Å². The minimum Gasteiger partial charge on any atom is -0.289 e. The highest BCUT2D eigenvalue weighted by Gasteiger charge is 2.01. The molecule has 4 nitrogen and oxygen atoms in total. The maximum absolute atomic E-state index is 11.3. The van der Waals surface area contributed by atoms with Gasteiger partial charge in [-0.3, -0.25) is 15.2 Å². The van der Waals surface area contributed by atoms with Crippen molar-refractivity contribution in [2.75, 3.05) is 14.1 Å². The van der Waals surface area contributed by atoms with E-state index in [1.807, 2.05) is 32.3 Å². The summed E-state index contributed by atoms with van der Waals surface area (Å²) >= 11 is 0. The molecular weight excluding hydrogens is 202 g/mol. The van der Waals surface area contributed by atoms with Gasteiger partial charge in [-0.05, 0) is 31.4 Å². The van der Waals surface area contributed by atoms with E-state index < -0.39 is 0 Å². The van der Waals surface area contributed by atoms with E-state index in [1.54, 1.807) is 11.2 Å². The molecule has 0 spiro atoms. The molecule has 1 N–H and O–H groups in total. The summed E-state index contributed by atoms with van der Waals surface area (Å²) in [5.74, 6) is 0.0750. The lowest BCUT2D eigenvalue weighted by molar-refractivity contribution is -0.124. The van der Waals surface area contributed by atoms with Crippen molar-refractivity contribution in [3.8, 4) is 0 Å². The Bertz CT molecular complexity index is 311. The smallest absolute Gasteiger partial charge is 0.234 e. The van der Waals surface area contributed by atoms with Crippen LogP contribution in [0.25, 0.3) is 0 Å². The zero-order valence-electron chi connectivity index (χ0n) is 9.94. The molecule has 0 atom stereocenters. The summed E-state index contributed by atoms with van der Waals surface area (Å²) in [6.45, 7) is 0. The lowest BCUT2D eigenvalue weighted by atomic mass is 10.1. The largest absolute Gasteiger partial charge is 0.289 e. The standard InChI is InChI=1S/C12H19N3O/c1-15(2)14-12(16)9-4-3-7-11-8-5-6-10-13-11/h5-6,8,10H,3-4,7,9H2,1-2H3,(H,14,16). The number of hydrogen-bond acceptors (Lipinski definition) is 3. The van der Waals surface area contributed by atoms with Gasteiger partial charge in [0, 0.05) is 32.4 Å². The van der Waals surface area contributed by atoms with Gasteiger partial charge in [0.2, 0.25) is 5.91 Å². The molecule has 0 bridgehead atoms. The van der Waals surface area contributed by atoms with Gasteiger partial charge in [0.05, 0.1) is 0 Å². The first-order valence-electron chi connectivity index (χ1n) is 5.55. The number of amides is 1. The highest BCUT2D eigenvalue weighted by atomic mass is 16.2. The second kappa shape index (κ2) is 6.95. The monoisotopic (exact) mass is 221 g/mol. The molecule has 0 aliphatic rings. The number of pyridine rings is 1. The van der Waals surface area contributed by atoms with Crippen LogP contribution in [0.4, 0.5) is 0 Å². The number of hydrazine groups is 1. The zero-order valence-corrected chi connectivity index (χ0v) is 9.94. The van der Waals surface area contributed by atoms with Crippen LogP contribution in [-0.2, 0) is 11.2 Å². The molecule has 0 fully saturated rings. The number of rotatable bonds is 6. The van der Waals surface area contributed by atoms with E-state index in [0.29, 0.717) is 6.42 Å². The van der Waals surface area contributed by atoms with Gasteiger partial charge < -0.3 is 0 Å². The Balaban J connectivity index is 2.10.